The number of hydrogen-bond acceptors (Lipinski definition) is 4. The number of hydrazine groups is 1. The highest BCUT2D eigenvalue weighted by atomic mass is 16.5. The van der Waals surface area contributed by atoms with Crippen LogP contribution < -0.4 is 16.0 Å². The smallest absolute Gasteiger partial charge is 0.119 e. The lowest BCUT2D eigenvalue weighted by atomic mass is 10.1. The van der Waals surface area contributed by atoms with Crippen LogP contribution in [-0.4, -0.2) is 19.8 Å². The van der Waals surface area contributed by atoms with Crippen molar-refractivity contribution in [1.29, 1.82) is 0 Å². The molecule has 0 bridgehead atoms. The van der Waals surface area contributed by atoms with Gasteiger partial charge in [0.1, 0.15) is 5.75 Å². The van der Waals surface area contributed by atoms with Gasteiger partial charge in [-0.05, 0) is 31.5 Å². The zero-order chi connectivity index (χ0) is 11.8. The Hall–Kier alpha value is -1.10. The average Bonchev–Trinajstić information content (AvgIpc) is 2.31. The van der Waals surface area contributed by atoms with E-state index in [2.05, 4.69) is 5.43 Å². The summed E-state index contributed by atoms with van der Waals surface area (Å²) in [7, 11) is 0. The standard InChI is InChI=1S/C12H20N2O2/c1-3-15-9-12(14-13)10-6-5-7-11(8-10)16-4-2/h5-8,12,14H,3-4,9,13H2,1-2H3. The van der Waals surface area contributed by atoms with Crippen LogP contribution in [0.4, 0.5) is 0 Å². The minimum Gasteiger partial charge on any atom is -0.494 e. The molecule has 4 heteroatoms. The Labute approximate surface area is 96.7 Å². The fourth-order valence-corrected chi connectivity index (χ4v) is 1.46. The van der Waals surface area contributed by atoms with Crippen molar-refractivity contribution in [1.82, 2.24) is 5.43 Å². The molecule has 1 aromatic rings. The molecular formula is C12H20N2O2. The number of rotatable bonds is 7. The van der Waals surface area contributed by atoms with Gasteiger partial charge in [0, 0.05) is 6.61 Å². The molecule has 1 unspecified atom stereocenters. The first kappa shape index (κ1) is 13.0. The molecule has 0 aliphatic carbocycles. The van der Waals surface area contributed by atoms with E-state index in [0.717, 1.165) is 11.3 Å². The summed E-state index contributed by atoms with van der Waals surface area (Å²) in [6.07, 6.45) is 0. The van der Waals surface area contributed by atoms with E-state index in [-0.39, 0.29) is 6.04 Å². The van der Waals surface area contributed by atoms with Crippen molar-refractivity contribution in [2.45, 2.75) is 19.9 Å². The quantitative estimate of drug-likeness (QED) is 0.546. The Morgan fingerprint density at radius 1 is 1.31 bits per heavy atom. The van der Waals surface area contributed by atoms with Gasteiger partial charge in [0.25, 0.3) is 0 Å². The Morgan fingerprint density at radius 3 is 2.75 bits per heavy atom. The zero-order valence-electron chi connectivity index (χ0n) is 9.90. The number of nitrogens with one attached hydrogen (secondary N) is 1. The molecule has 0 aliphatic rings. The maximum Gasteiger partial charge on any atom is 0.119 e. The highest BCUT2D eigenvalue weighted by Crippen LogP contribution is 2.19. The lowest BCUT2D eigenvalue weighted by molar-refractivity contribution is 0.123. The third-order valence-electron chi connectivity index (χ3n) is 2.26. The molecule has 1 aromatic carbocycles. The van der Waals surface area contributed by atoms with Crippen molar-refractivity contribution in [3.63, 3.8) is 0 Å². The highest BCUT2D eigenvalue weighted by molar-refractivity contribution is 5.30. The van der Waals surface area contributed by atoms with Gasteiger partial charge in [-0.2, -0.15) is 0 Å². The second-order valence-electron chi connectivity index (χ2n) is 3.38. The number of nitrogens with two attached hydrogens (primary N) is 1. The molecule has 0 aromatic heterocycles. The minimum absolute atomic E-state index is 0.000330. The second kappa shape index (κ2) is 7.22. The zero-order valence-corrected chi connectivity index (χ0v) is 9.90. The third-order valence-corrected chi connectivity index (χ3v) is 2.26. The van der Waals surface area contributed by atoms with E-state index in [1.165, 1.54) is 0 Å². The van der Waals surface area contributed by atoms with E-state index < -0.39 is 0 Å². The van der Waals surface area contributed by atoms with E-state index >= 15 is 0 Å². The number of hydrogen-bond donors (Lipinski definition) is 2. The van der Waals surface area contributed by atoms with Gasteiger partial charge in [-0.25, -0.2) is 0 Å². The second-order valence-corrected chi connectivity index (χ2v) is 3.38. The van der Waals surface area contributed by atoms with Gasteiger partial charge < -0.3 is 9.47 Å². The lowest BCUT2D eigenvalue weighted by Gasteiger charge is -2.16. The van der Waals surface area contributed by atoms with Crippen LogP contribution in [0, 0.1) is 0 Å². The third kappa shape index (κ3) is 3.81. The van der Waals surface area contributed by atoms with Crippen LogP contribution in [0.5, 0.6) is 5.75 Å². The van der Waals surface area contributed by atoms with Crippen LogP contribution in [0.25, 0.3) is 0 Å². The lowest BCUT2D eigenvalue weighted by Crippen LogP contribution is -2.31. The highest BCUT2D eigenvalue weighted by Gasteiger charge is 2.10. The molecule has 0 saturated heterocycles. The first-order valence-electron chi connectivity index (χ1n) is 5.58. The summed E-state index contributed by atoms with van der Waals surface area (Å²) in [6, 6.07) is 7.87. The molecule has 0 heterocycles. The number of ether oxygens (including phenoxy) is 2. The minimum atomic E-state index is 0.000330. The molecule has 1 atom stereocenters. The summed E-state index contributed by atoms with van der Waals surface area (Å²) in [4.78, 5) is 0. The maximum absolute atomic E-state index is 5.50. The molecule has 0 amide bonds. The van der Waals surface area contributed by atoms with Gasteiger partial charge in [0.15, 0.2) is 0 Å². The normalized spacial score (nSPS) is 12.4. The maximum atomic E-state index is 5.50. The molecule has 4 nitrogen and oxygen atoms in total. The van der Waals surface area contributed by atoms with Crippen molar-refractivity contribution < 1.29 is 9.47 Å². The Morgan fingerprint density at radius 2 is 2.12 bits per heavy atom. The molecular weight excluding hydrogens is 204 g/mol. The van der Waals surface area contributed by atoms with Crippen LogP contribution in [0.3, 0.4) is 0 Å². The monoisotopic (exact) mass is 224 g/mol. The van der Waals surface area contributed by atoms with Crippen molar-refractivity contribution >= 4 is 0 Å². The fourth-order valence-electron chi connectivity index (χ4n) is 1.46. The van der Waals surface area contributed by atoms with Crippen LogP contribution in [-0.2, 0) is 4.74 Å². The Kier molecular flexibility index (Phi) is 5.85. The number of benzene rings is 1. The van der Waals surface area contributed by atoms with Gasteiger partial charge in [0.2, 0.25) is 0 Å². The molecule has 0 spiro atoms. The SMILES string of the molecule is CCOCC(NN)c1cccc(OCC)c1. The predicted octanol–water partition coefficient (Wildman–Crippen LogP) is 1.63. The van der Waals surface area contributed by atoms with Crippen LogP contribution in [0.15, 0.2) is 24.3 Å². The van der Waals surface area contributed by atoms with Crippen molar-refractivity contribution in [2.75, 3.05) is 19.8 Å². The first-order valence-corrected chi connectivity index (χ1v) is 5.58. The van der Waals surface area contributed by atoms with Crippen molar-refractivity contribution in [3.05, 3.63) is 29.8 Å². The van der Waals surface area contributed by atoms with E-state index in [4.69, 9.17) is 15.3 Å². The molecule has 0 fully saturated rings. The molecule has 0 aliphatic heterocycles. The van der Waals surface area contributed by atoms with E-state index in [0.29, 0.717) is 19.8 Å². The Bertz CT molecular complexity index is 305. The van der Waals surface area contributed by atoms with Crippen LogP contribution in [0.1, 0.15) is 25.5 Å². The molecule has 0 saturated carbocycles. The first-order chi connectivity index (χ1) is 7.81. The summed E-state index contributed by atoms with van der Waals surface area (Å²) in [5, 5.41) is 0. The molecule has 1 rings (SSSR count). The topological polar surface area (TPSA) is 56.5 Å². The average molecular weight is 224 g/mol. The van der Waals surface area contributed by atoms with Crippen molar-refractivity contribution in [3.8, 4) is 5.75 Å². The summed E-state index contributed by atoms with van der Waals surface area (Å²) in [5.74, 6) is 6.36. The summed E-state index contributed by atoms with van der Waals surface area (Å²) >= 11 is 0. The van der Waals surface area contributed by atoms with Gasteiger partial charge in [-0.1, -0.05) is 12.1 Å². The van der Waals surface area contributed by atoms with Gasteiger partial charge >= 0.3 is 0 Å². The molecule has 16 heavy (non-hydrogen) atoms. The molecule has 3 N–H and O–H groups in total. The van der Waals surface area contributed by atoms with E-state index in [9.17, 15) is 0 Å². The van der Waals surface area contributed by atoms with Crippen LogP contribution in [0.2, 0.25) is 0 Å². The largest absolute Gasteiger partial charge is 0.494 e. The van der Waals surface area contributed by atoms with E-state index in [1.54, 1.807) is 0 Å². The predicted molar refractivity (Wildman–Crippen MR) is 64.2 cm³/mol. The summed E-state index contributed by atoms with van der Waals surface area (Å²) in [5.41, 5.74) is 3.81. The van der Waals surface area contributed by atoms with Gasteiger partial charge in [0.05, 0.1) is 19.3 Å². The van der Waals surface area contributed by atoms with Crippen LogP contribution >= 0.6 is 0 Å². The molecule has 90 valence electrons. The van der Waals surface area contributed by atoms with E-state index in [1.807, 2.05) is 38.1 Å². The summed E-state index contributed by atoms with van der Waals surface area (Å²) in [6.45, 7) is 5.83. The fraction of sp³-hybridized carbons (Fsp3) is 0.500. The van der Waals surface area contributed by atoms with Gasteiger partial charge in [-0.3, -0.25) is 11.3 Å². The van der Waals surface area contributed by atoms with Crippen molar-refractivity contribution in [2.24, 2.45) is 5.84 Å². The summed E-state index contributed by atoms with van der Waals surface area (Å²) < 4.78 is 10.8. The Balaban J connectivity index is 2.71. The molecule has 0 radical (unpaired) electrons. The van der Waals surface area contributed by atoms with Gasteiger partial charge in [-0.15, -0.1) is 0 Å².